The minimum Gasteiger partial charge on any atom is -0.468 e. The van der Waals surface area contributed by atoms with Crippen LogP contribution in [0.4, 0.5) is 5.69 Å². The largest absolute Gasteiger partial charge is 0.468 e. The van der Waals surface area contributed by atoms with E-state index in [1.807, 2.05) is 24.3 Å². The van der Waals surface area contributed by atoms with Crippen molar-refractivity contribution in [3.8, 4) is 0 Å². The summed E-state index contributed by atoms with van der Waals surface area (Å²) in [6.45, 7) is 2.11. The molecule has 1 aromatic heterocycles. The van der Waals surface area contributed by atoms with Crippen molar-refractivity contribution in [2.75, 3.05) is 11.4 Å². The fraction of sp³-hybridized carbons (Fsp3) is 0.250. The zero-order valence-electron chi connectivity index (χ0n) is 18.1. The van der Waals surface area contributed by atoms with Gasteiger partial charge in [0, 0.05) is 12.2 Å². The van der Waals surface area contributed by atoms with Gasteiger partial charge < -0.3 is 14.1 Å². The molecule has 0 saturated heterocycles. The molecule has 0 fully saturated rings. The molecule has 0 unspecified atom stereocenters. The quantitative estimate of drug-likeness (QED) is 0.534. The fourth-order valence-electron chi connectivity index (χ4n) is 3.69. The minimum atomic E-state index is -3.78. The lowest BCUT2D eigenvalue weighted by Crippen LogP contribution is -2.42. The number of sulfonamides is 1. The molecule has 1 aliphatic rings. The first-order chi connectivity index (χ1) is 15.8. The molecule has 4 rings (SSSR count). The van der Waals surface area contributed by atoms with Gasteiger partial charge in [-0.25, -0.2) is 17.9 Å². The fourth-order valence-corrected chi connectivity index (χ4v) is 4.69. The summed E-state index contributed by atoms with van der Waals surface area (Å²) in [6, 6.07) is 16.4. The summed E-state index contributed by atoms with van der Waals surface area (Å²) in [5.41, 5.74) is 2.08. The number of ether oxygens (including phenoxy) is 1. The van der Waals surface area contributed by atoms with E-state index < -0.39 is 22.1 Å². The highest BCUT2D eigenvalue weighted by molar-refractivity contribution is 7.89. The van der Waals surface area contributed by atoms with Crippen LogP contribution in [0.15, 0.2) is 76.2 Å². The van der Waals surface area contributed by atoms with Gasteiger partial charge in [-0.1, -0.05) is 18.2 Å². The Bertz CT molecular complexity index is 1240. The Morgan fingerprint density at radius 2 is 1.85 bits per heavy atom. The van der Waals surface area contributed by atoms with Gasteiger partial charge >= 0.3 is 5.97 Å². The van der Waals surface area contributed by atoms with E-state index in [0.717, 1.165) is 24.1 Å². The standard InChI is InChI=1S/C24H24N2O6S/c1-17(23(27)26-14-4-7-18-6-2-3-9-22(18)26)32-24(28)19-10-12-21(13-11-19)33(29,30)25-16-20-8-5-15-31-20/h2-3,5-6,8-13,15,17,25H,4,7,14,16H2,1H3/t17-/m0/s1. The van der Waals surface area contributed by atoms with Crippen LogP contribution in [0, 0.1) is 0 Å². The van der Waals surface area contributed by atoms with Crippen LogP contribution in [0.2, 0.25) is 0 Å². The summed E-state index contributed by atoms with van der Waals surface area (Å²) < 4.78 is 37.8. The van der Waals surface area contributed by atoms with E-state index in [4.69, 9.17) is 9.15 Å². The van der Waals surface area contributed by atoms with Crippen molar-refractivity contribution >= 4 is 27.6 Å². The molecule has 2 aromatic carbocycles. The third-order valence-corrected chi connectivity index (χ3v) is 6.84. The Morgan fingerprint density at radius 1 is 1.09 bits per heavy atom. The second-order valence-corrected chi connectivity index (χ2v) is 9.46. The van der Waals surface area contributed by atoms with Crippen molar-refractivity contribution in [3.05, 3.63) is 83.8 Å². The molecule has 1 N–H and O–H groups in total. The van der Waals surface area contributed by atoms with E-state index >= 15 is 0 Å². The number of para-hydroxylation sites is 1. The van der Waals surface area contributed by atoms with E-state index in [1.54, 1.807) is 17.0 Å². The number of hydrogen-bond acceptors (Lipinski definition) is 6. The molecular formula is C24H24N2O6S. The first kappa shape index (κ1) is 22.8. The van der Waals surface area contributed by atoms with E-state index in [1.165, 1.54) is 37.5 Å². The van der Waals surface area contributed by atoms with Crippen molar-refractivity contribution in [2.24, 2.45) is 0 Å². The molecular weight excluding hydrogens is 444 g/mol. The van der Waals surface area contributed by atoms with Gasteiger partial charge in [0.2, 0.25) is 10.0 Å². The zero-order chi connectivity index (χ0) is 23.4. The molecule has 9 heteroatoms. The van der Waals surface area contributed by atoms with E-state index in [9.17, 15) is 18.0 Å². The molecule has 0 spiro atoms. The van der Waals surface area contributed by atoms with Gasteiger partial charge in [0.1, 0.15) is 5.76 Å². The number of nitrogens with one attached hydrogen (secondary N) is 1. The third-order valence-electron chi connectivity index (χ3n) is 5.42. The minimum absolute atomic E-state index is 0.000320. The molecule has 0 aliphatic carbocycles. The lowest BCUT2D eigenvalue weighted by Gasteiger charge is -2.31. The monoisotopic (exact) mass is 468 g/mol. The predicted octanol–water partition coefficient (Wildman–Crippen LogP) is 3.28. The normalized spacial score (nSPS) is 14.4. The second kappa shape index (κ2) is 9.60. The zero-order valence-corrected chi connectivity index (χ0v) is 18.9. The van der Waals surface area contributed by atoms with E-state index in [0.29, 0.717) is 12.3 Å². The molecule has 1 atom stereocenters. The van der Waals surface area contributed by atoms with Crippen LogP contribution in [-0.2, 0) is 32.5 Å². The van der Waals surface area contributed by atoms with Crippen molar-refractivity contribution < 1.29 is 27.2 Å². The van der Waals surface area contributed by atoms with Crippen molar-refractivity contribution in [2.45, 2.75) is 37.3 Å². The van der Waals surface area contributed by atoms with Crippen LogP contribution in [0.3, 0.4) is 0 Å². The maximum atomic E-state index is 12.9. The first-order valence-corrected chi connectivity index (χ1v) is 12.1. The Morgan fingerprint density at radius 3 is 2.58 bits per heavy atom. The van der Waals surface area contributed by atoms with E-state index in [-0.39, 0.29) is 22.9 Å². The summed E-state index contributed by atoms with van der Waals surface area (Å²) in [7, 11) is -3.78. The highest BCUT2D eigenvalue weighted by Crippen LogP contribution is 2.27. The summed E-state index contributed by atoms with van der Waals surface area (Å²) in [6.07, 6.45) is 2.22. The second-order valence-electron chi connectivity index (χ2n) is 7.70. The summed E-state index contributed by atoms with van der Waals surface area (Å²) >= 11 is 0. The molecule has 33 heavy (non-hydrogen) atoms. The van der Waals surface area contributed by atoms with Crippen LogP contribution in [0.5, 0.6) is 0 Å². The highest BCUT2D eigenvalue weighted by Gasteiger charge is 2.28. The van der Waals surface area contributed by atoms with Crippen molar-refractivity contribution in [1.82, 2.24) is 4.72 Å². The molecule has 0 bridgehead atoms. The Balaban J connectivity index is 1.39. The number of carbonyl (C=O) groups is 2. The number of fused-ring (bicyclic) bond motifs is 1. The molecule has 0 saturated carbocycles. The number of carbonyl (C=O) groups excluding carboxylic acids is 2. The molecule has 172 valence electrons. The van der Waals surface area contributed by atoms with Crippen LogP contribution >= 0.6 is 0 Å². The van der Waals surface area contributed by atoms with Crippen LogP contribution in [0.1, 0.15) is 35.0 Å². The van der Waals surface area contributed by atoms with Crippen LogP contribution in [-0.4, -0.2) is 32.9 Å². The lowest BCUT2D eigenvalue weighted by atomic mass is 10.0. The number of hydrogen-bond donors (Lipinski definition) is 1. The summed E-state index contributed by atoms with van der Waals surface area (Å²) in [4.78, 5) is 27.1. The SMILES string of the molecule is C[C@H](OC(=O)c1ccc(S(=O)(=O)NCc2ccco2)cc1)C(=O)N1CCCc2ccccc21. The van der Waals surface area contributed by atoms with Gasteiger partial charge in [0.05, 0.1) is 23.3 Å². The number of benzene rings is 2. The number of nitrogens with zero attached hydrogens (tertiary/aromatic N) is 1. The Hall–Kier alpha value is -3.43. The summed E-state index contributed by atoms with van der Waals surface area (Å²) in [5, 5.41) is 0. The van der Waals surface area contributed by atoms with Gasteiger partial charge in [-0.05, 0) is 67.8 Å². The molecule has 3 aromatic rings. The number of aryl methyl sites for hydroxylation is 1. The van der Waals surface area contributed by atoms with Gasteiger partial charge in [-0.15, -0.1) is 0 Å². The molecule has 8 nitrogen and oxygen atoms in total. The van der Waals surface area contributed by atoms with Gasteiger partial charge in [0.15, 0.2) is 6.10 Å². The third kappa shape index (κ3) is 5.15. The highest BCUT2D eigenvalue weighted by atomic mass is 32.2. The Labute approximate surface area is 192 Å². The smallest absolute Gasteiger partial charge is 0.338 e. The average molecular weight is 469 g/mol. The topological polar surface area (TPSA) is 106 Å². The van der Waals surface area contributed by atoms with Crippen LogP contribution < -0.4 is 9.62 Å². The number of anilines is 1. The van der Waals surface area contributed by atoms with Crippen molar-refractivity contribution in [3.63, 3.8) is 0 Å². The molecule has 1 aliphatic heterocycles. The molecule has 0 radical (unpaired) electrons. The number of esters is 1. The Kier molecular flexibility index (Phi) is 6.62. The maximum absolute atomic E-state index is 12.9. The number of amides is 1. The van der Waals surface area contributed by atoms with Gasteiger partial charge in [-0.2, -0.15) is 0 Å². The lowest BCUT2D eigenvalue weighted by molar-refractivity contribution is -0.126. The molecule has 2 heterocycles. The molecule has 1 amide bonds. The number of furan rings is 1. The number of rotatable bonds is 7. The summed E-state index contributed by atoms with van der Waals surface area (Å²) in [5.74, 6) is -0.515. The average Bonchev–Trinajstić information content (AvgIpc) is 3.36. The van der Waals surface area contributed by atoms with E-state index in [2.05, 4.69) is 4.72 Å². The van der Waals surface area contributed by atoms with Gasteiger partial charge in [-0.3, -0.25) is 4.79 Å². The van der Waals surface area contributed by atoms with Crippen LogP contribution in [0.25, 0.3) is 0 Å². The first-order valence-electron chi connectivity index (χ1n) is 10.6. The predicted molar refractivity (Wildman–Crippen MR) is 121 cm³/mol. The maximum Gasteiger partial charge on any atom is 0.338 e. The van der Waals surface area contributed by atoms with Gasteiger partial charge in [0.25, 0.3) is 5.91 Å². The van der Waals surface area contributed by atoms with Crippen molar-refractivity contribution in [1.29, 1.82) is 0 Å².